The summed E-state index contributed by atoms with van der Waals surface area (Å²) in [7, 11) is 0. The van der Waals surface area contributed by atoms with Crippen LogP contribution in [0.15, 0.2) is 24.3 Å². The van der Waals surface area contributed by atoms with Crippen molar-refractivity contribution in [3.05, 3.63) is 29.8 Å². The molecule has 0 amide bonds. The molecule has 21 heavy (non-hydrogen) atoms. The third-order valence-corrected chi connectivity index (χ3v) is 3.47. The van der Waals surface area contributed by atoms with E-state index >= 15 is 0 Å². The van der Waals surface area contributed by atoms with Crippen molar-refractivity contribution >= 4 is 5.95 Å². The van der Waals surface area contributed by atoms with E-state index in [2.05, 4.69) is 15.2 Å². The lowest BCUT2D eigenvalue weighted by molar-refractivity contribution is -0.137. The Hall–Kier alpha value is -2.09. The molecule has 1 unspecified atom stereocenters. The largest absolute Gasteiger partial charge is 0.417 e. The van der Waals surface area contributed by atoms with Crippen LogP contribution in [0.5, 0.6) is 0 Å². The van der Waals surface area contributed by atoms with Crippen LogP contribution in [0.2, 0.25) is 0 Å². The SMILES string of the molecule is NC1CCN(c2n[nH]c(-c3ccccc3C(F)(F)F)n2)C1. The number of aromatic amines is 1. The minimum atomic E-state index is -4.43. The first-order chi connectivity index (χ1) is 9.95. The fourth-order valence-electron chi connectivity index (χ4n) is 2.42. The Labute approximate surface area is 119 Å². The summed E-state index contributed by atoms with van der Waals surface area (Å²) in [5.74, 6) is 0.494. The molecule has 2 aromatic rings. The molecule has 1 aromatic carbocycles. The second kappa shape index (κ2) is 5.03. The highest BCUT2D eigenvalue weighted by Gasteiger charge is 2.34. The summed E-state index contributed by atoms with van der Waals surface area (Å²) in [6.45, 7) is 1.32. The molecule has 1 saturated heterocycles. The number of halogens is 3. The molecule has 112 valence electrons. The van der Waals surface area contributed by atoms with E-state index in [0.29, 0.717) is 19.0 Å². The summed E-state index contributed by atoms with van der Waals surface area (Å²) >= 11 is 0. The average Bonchev–Trinajstić information content (AvgIpc) is 3.06. The first kappa shape index (κ1) is 13.9. The van der Waals surface area contributed by atoms with Crippen LogP contribution in [-0.4, -0.2) is 34.3 Å². The molecule has 0 radical (unpaired) electrons. The van der Waals surface area contributed by atoms with Gasteiger partial charge in [-0.2, -0.15) is 18.2 Å². The molecule has 0 aliphatic carbocycles. The molecule has 0 saturated carbocycles. The molecule has 3 N–H and O–H groups in total. The van der Waals surface area contributed by atoms with Gasteiger partial charge in [0.15, 0.2) is 5.82 Å². The first-order valence-corrected chi connectivity index (χ1v) is 6.54. The number of hydrogen-bond acceptors (Lipinski definition) is 4. The molecular formula is C13H14F3N5. The van der Waals surface area contributed by atoms with Gasteiger partial charge in [0, 0.05) is 24.7 Å². The van der Waals surface area contributed by atoms with Gasteiger partial charge in [-0.1, -0.05) is 18.2 Å². The summed E-state index contributed by atoms with van der Waals surface area (Å²) < 4.78 is 39.0. The van der Waals surface area contributed by atoms with E-state index in [1.165, 1.54) is 12.1 Å². The molecule has 5 nitrogen and oxygen atoms in total. The van der Waals surface area contributed by atoms with Gasteiger partial charge in [-0.05, 0) is 12.5 Å². The monoisotopic (exact) mass is 297 g/mol. The van der Waals surface area contributed by atoms with Crippen molar-refractivity contribution in [2.75, 3.05) is 18.0 Å². The van der Waals surface area contributed by atoms with Crippen molar-refractivity contribution in [1.29, 1.82) is 0 Å². The standard InChI is InChI=1S/C13H14F3N5/c14-13(15,16)10-4-2-1-3-9(10)11-18-12(20-19-11)21-6-5-8(17)7-21/h1-4,8H,5-7,17H2,(H,18,19,20). The molecule has 2 heterocycles. The Balaban J connectivity index is 1.94. The van der Waals surface area contributed by atoms with Gasteiger partial charge in [-0.3, -0.25) is 5.10 Å². The Kier molecular flexibility index (Phi) is 3.32. The minimum Gasteiger partial charge on any atom is -0.338 e. The average molecular weight is 297 g/mol. The van der Waals surface area contributed by atoms with Crippen LogP contribution in [0.1, 0.15) is 12.0 Å². The van der Waals surface area contributed by atoms with E-state index < -0.39 is 11.7 Å². The van der Waals surface area contributed by atoms with Crippen molar-refractivity contribution in [3.8, 4) is 11.4 Å². The predicted octanol–water partition coefficient (Wildman–Crippen LogP) is 2.03. The van der Waals surface area contributed by atoms with Crippen LogP contribution < -0.4 is 10.6 Å². The third kappa shape index (κ3) is 2.71. The van der Waals surface area contributed by atoms with Gasteiger partial charge in [0.2, 0.25) is 5.95 Å². The summed E-state index contributed by atoms with van der Waals surface area (Å²) in [5, 5.41) is 6.58. The maximum atomic E-state index is 13.0. The lowest BCUT2D eigenvalue weighted by Gasteiger charge is -2.12. The van der Waals surface area contributed by atoms with Crippen LogP contribution in [0.3, 0.4) is 0 Å². The lowest BCUT2D eigenvalue weighted by Crippen LogP contribution is -2.26. The maximum absolute atomic E-state index is 13.0. The van der Waals surface area contributed by atoms with Crippen LogP contribution in [-0.2, 0) is 6.18 Å². The molecule has 0 bridgehead atoms. The first-order valence-electron chi connectivity index (χ1n) is 6.54. The molecule has 1 fully saturated rings. The highest BCUT2D eigenvalue weighted by Crippen LogP contribution is 2.36. The van der Waals surface area contributed by atoms with Crippen molar-refractivity contribution < 1.29 is 13.2 Å². The summed E-state index contributed by atoms with van der Waals surface area (Å²) in [6.07, 6.45) is -3.61. The summed E-state index contributed by atoms with van der Waals surface area (Å²) in [4.78, 5) is 6.04. The fourth-order valence-corrected chi connectivity index (χ4v) is 2.42. The van der Waals surface area contributed by atoms with Gasteiger partial charge >= 0.3 is 6.18 Å². The van der Waals surface area contributed by atoms with E-state index in [-0.39, 0.29) is 17.4 Å². The third-order valence-electron chi connectivity index (χ3n) is 3.47. The Morgan fingerprint density at radius 2 is 2.05 bits per heavy atom. The highest BCUT2D eigenvalue weighted by atomic mass is 19.4. The molecular weight excluding hydrogens is 283 g/mol. The van der Waals surface area contributed by atoms with E-state index in [1.807, 2.05) is 4.90 Å². The summed E-state index contributed by atoms with van der Waals surface area (Å²) in [6, 6.07) is 5.35. The molecule has 1 aliphatic rings. The zero-order valence-corrected chi connectivity index (χ0v) is 11.1. The maximum Gasteiger partial charge on any atom is 0.417 e. The van der Waals surface area contributed by atoms with Crippen LogP contribution >= 0.6 is 0 Å². The number of alkyl halides is 3. The predicted molar refractivity (Wildman–Crippen MR) is 71.6 cm³/mol. The van der Waals surface area contributed by atoms with E-state index in [1.54, 1.807) is 6.07 Å². The Morgan fingerprint density at radius 1 is 1.29 bits per heavy atom. The van der Waals surface area contributed by atoms with Crippen molar-refractivity contribution in [2.24, 2.45) is 5.73 Å². The zero-order valence-electron chi connectivity index (χ0n) is 11.1. The minimum absolute atomic E-state index is 0.00718. The normalized spacial score (nSPS) is 19.2. The number of hydrogen-bond donors (Lipinski definition) is 2. The highest BCUT2D eigenvalue weighted by molar-refractivity contribution is 5.62. The lowest BCUT2D eigenvalue weighted by atomic mass is 10.1. The second-order valence-corrected chi connectivity index (χ2v) is 5.02. The zero-order chi connectivity index (χ0) is 15.0. The van der Waals surface area contributed by atoms with Crippen molar-refractivity contribution in [2.45, 2.75) is 18.6 Å². The molecule has 1 aliphatic heterocycles. The van der Waals surface area contributed by atoms with Gasteiger partial charge in [-0.25, -0.2) is 0 Å². The number of anilines is 1. The van der Waals surface area contributed by atoms with Crippen LogP contribution in [0.4, 0.5) is 19.1 Å². The molecule has 3 rings (SSSR count). The van der Waals surface area contributed by atoms with E-state index in [4.69, 9.17) is 5.73 Å². The number of H-pyrrole nitrogens is 1. The van der Waals surface area contributed by atoms with Crippen molar-refractivity contribution in [3.63, 3.8) is 0 Å². The second-order valence-electron chi connectivity index (χ2n) is 5.02. The number of aromatic nitrogens is 3. The van der Waals surface area contributed by atoms with Gasteiger partial charge in [0.05, 0.1) is 5.56 Å². The Bertz CT molecular complexity index is 637. The van der Waals surface area contributed by atoms with E-state index in [0.717, 1.165) is 12.5 Å². The van der Waals surface area contributed by atoms with Gasteiger partial charge in [0.25, 0.3) is 0 Å². The van der Waals surface area contributed by atoms with Gasteiger partial charge < -0.3 is 10.6 Å². The molecule has 1 atom stereocenters. The molecule has 8 heteroatoms. The van der Waals surface area contributed by atoms with Crippen molar-refractivity contribution in [1.82, 2.24) is 15.2 Å². The number of nitrogens with one attached hydrogen (secondary N) is 1. The number of nitrogens with two attached hydrogens (primary N) is 1. The van der Waals surface area contributed by atoms with Crippen LogP contribution in [0, 0.1) is 0 Å². The molecule has 1 aromatic heterocycles. The summed E-state index contributed by atoms with van der Waals surface area (Å²) in [5.41, 5.74) is 5.07. The topological polar surface area (TPSA) is 70.8 Å². The smallest absolute Gasteiger partial charge is 0.338 e. The van der Waals surface area contributed by atoms with Crippen LogP contribution in [0.25, 0.3) is 11.4 Å². The Morgan fingerprint density at radius 3 is 2.71 bits per heavy atom. The van der Waals surface area contributed by atoms with Gasteiger partial charge in [-0.15, -0.1) is 5.10 Å². The number of nitrogens with zero attached hydrogens (tertiary/aromatic N) is 3. The number of benzene rings is 1. The number of rotatable bonds is 2. The quantitative estimate of drug-likeness (QED) is 0.889. The van der Waals surface area contributed by atoms with E-state index in [9.17, 15) is 13.2 Å². The van der Waals surface area contributed by atoms with Gasteiger partial charge in [0.1, 0.15) is 0 Å². The molecule has 0 spiro atoms. The fraction of sp³-hybridized carbons (Fsp3) is 0.385.